The summed E-state index contributed by atoms with van der Waals surface area (Å²) in [5.41, 5.74) is 0. The molecule has 4 atom stereocenters. The molecule has 4 aliphatic rings. The van der Waals surface area contributed by atoms with Gasteiger partial charge in [-0.3, -0.25) is 14.5 Å². The van der Waals surface area contributed by atoms with E-state index < -0.39 is 0 Å². The number of fused-ring (bicyclic) bond motifs is 1. The first-order chi connectivity index (χ1) is 8.24. The van der Waals surface area contributed by atoms with E-state index in [1.807, 2.05) is 0 Å². The molecule has 2 fully saturated rings. The quantitative estimate of drug-likeness (QED) is 0.552. The van der Waals surface area contributed by atoms with Gasteiger partial charge in [0, 0.05) is 6.54 Å². The van der Waals surface area contributed by atoms with Crippen LogP contribution in [0.2, 0.25) is 0 Å². The Balaban J connectivity index is 1.86. The number of likely N-dealkylation sites (tertiary alicyclic amines) is 1. The van der Waals surface area contributed by atoms with Crippen molar-refractivity contribution in [2.75, 3.05) is 6.54 Å². The van der Waals surface area contributed by atoms with Crippen LogP contribution in [-0.4, -0.2) is 23.3 Å². The van der Waals surface area contributed by atoms with Gasteiger partial charge in [-0.1, -0.05) is 25.5 Å². The van der Waals surface area contributed by atoms with E-state index in [0.717, 1.165) is 25.7 Å². The maximum Gasteiger partial charge on any atom is 0.233 e. The number of unbranched alkanes of at least 4 members (excludes halogenated alkanes) is 1. The van der Waals surface area contributed by atoms with Crippen molar-refractivity contribution in [3.8, 4) is 0 Å². The van der Waals surface area contributed by atoms with Crippen molar-refractivity contribution in [2.45, 2.75) is 32.6 Å². The molecule has 17 heavy (non-hydrogen) atoms. The predicted octanol–water partition coefficient (Wildman–Crippen LogP) is 1.98. The van der Waals surface area contributed by atoms with E-state index in [1.54, 1.807) is 0 Å². The van der Waals surface area contributed by atoms with E-state index in [9.17, 15) is 9.59 Å². The summed E-state index contributed by atoms with van der Waals surface area (Å²) in [5, 5.41) is 0. The molecule has 1 saturated carbocycles. The Kier molecular flexibility index (Phi) is 2.57. The molecule has 4 rings (SSSR count). The molecule has 0 aromatic rings. The topological polar surface area (TPSA) is 37.4 Å². The first-order valence-corrected chi connectivity index (χ1v) is 6.77. The molecule has 3 aliphatic carbocycles. The van der Waals surface area contributed by atoms with E-state index in [0.29, 0.717) is 18.4 Å². The maximum absolute atomic E-state index is 12.3. The average Bonchev–Trinajstić information content (AvgIpc) is 2.64. The summed E-state index contributed by atoms with van der Waals surface area (Å²) in [4.78, 5) is 26.2. The third-order valence-electron chi connectivity index (χ3n) is 4.59. The van der Waals surface area contributed by atoms with Gasteiger partial charge in [0.2, 0.25) is 11.8 Å². The summed E-state index contributed by atoms with van der Waals surface area (Å²) in [6, 6.07) is 0. The minimum absolute atomic E-state index is 0.0249. The minimum atomic E-state index is -0.0249. The van der Waals surface area contributed by atoms with Crippen molar-refractivity contribution in [2.24, 2.45) is 23.7 Å². The van der Waals surface area contributed by atoms with Gasteiger partial charge < -0.3 is 0 Å². The van der Waals surface area contributed by atoms with Gasteiger partial charge in [-0.15, -0.1) is 0 Å². The lowest BCUT2D eigenvalue weighted by atomic mass is 9.63. The van der Waals surface area contributed by atoms with Gasteiger partial charge >= 0.3 is 0 Å². The molecule has 3 heteroatoms. The highest BCUT2D eigenvalue weighted by Crippen LogP contribution is 2.49. The van der Waals surface area contributed by atoms with Crippen molar-refractivity contribution in [1.82, 2.24) is 4.90 Å². The molecule has 0 unspecified atom stereocenters. The Bertz CT molecular complexity index is 356. The molecule has 2 amide bonds. The molecule has 3 nitrogen and oxygen atoms in total. The maximum atomic E-state index is 12.3. The van der Waals surface area contributed by atoms with Crippen molar-refractivity contribution in [3.05, 3.63) is 12.2 Å². The monoisotopic (exact) mass is 233 g/mol. The zero-order valence-corrected chi connectivity index (χ0v) is 10.3. The van der Waals surface area contributed by atoms with E-state index in [2.05, 4.69) is 19.1 Å². The normalized spacial score (nSPS) is 39.0. The fourth-order valence-corrected chi connectivity index (χ4v) is 3.67. The molecule has 0 aromatic heterocycles. The lowest BCUT2D eigenvalue weighted by Gasteiger charge is -2.38. The van der Waals surface area contributed by atoms with Crippen LogP contribution in [0.15, 0.2) is 12.2 Å². The van der Waals surface area contributed by atoms with Gasteiger partial charge in [-0.25, -0.2) is 0 Å². The van der Waals surface area contributed by atoms with E-state index in [-0.39, 0.29) is 23.7 Å². The summed E-state index contributed by atoms with van der Waals surface area (Å²) < 4.78 is 0. The standard InChI is InChI=1S/C14H19NO2/c1-2-3-8-15-13(16)11-9-4-5-10(7-6-9)12(11)14(15)17/h4-5,9-12H,2-3,6-8H2,1H3/t9-,10+,11-,12+. The number of hydrogen-bond acceptors (Lipinski definition) is 2. The fraction of sp³-hybridized carbons (Fsp3) is 0.714. The van der Waals surface area contributed by atoms with Crippen LogP contribution in [0.1, 0.15) is 32.6 Å². The average molecular weight is 233 g/mol. The van der Waals surface area contributed by atoms with Crippen LogP contribution in [-0.2, 0) is 9.59 Å². The smallest absolute Gasteiger partial charge is 0.233 e. The molecular weight excluding hydrogens is 214 g/mol. The third kappa shape index (κ3) is 1.48. The van der Waals surface area contributed by atoms with E-state index in [1.165, 1.54) is 4.90 Å². The molecule has 2 bridgehead atoms. The van der Waals surface area contributed by atoms with Crippen LogP contribution >= 0.6 is 0 Å². The highest BCUT2D eigenvalue weighted by molar-refractivity contribution is 6.06. The summed E-state index contributed by atoms with van der Waals surface area (Å²) in [7, 11) is 0. The molecule has 1 heterocycles. The first-order valence-electron chi connectivity index (χ1n) is 6.77. The van der Waals surface area contributed by atoms with Crippen molar-refractivity contribution >= 4 is 11.8 Å². The van der Waals surface area contributed by atoms with Crippen LogP contribution in [0.5, 0.6) is 0 Å². The van der Waals surface area contributed by atoms with Crippen molar-refractivity contribution in [1.29, 1.82) is 0 Å². The molecule has 1 saturated heterocycles. The second-order valence-electron chi connectivity index (χ2n) is 5.52. The number of imide groups is 1. The number of carbonyl (C=O) groups excluding carboxylic acids is 2. The lowest BCUT2D eigenvalue weighted by Crippen LogP contribution is -2.38. The summed E-state index contributed by atoms with van der Waals surface area (Å²) in [6.45, 7) is 2.71. The van der Waals surface area contributed by atoms with Gasteiger partial charge in [0.25, 0.3) is 0 Å². The Labute approximate surface area is 102 Å². The Morgan fingerprint density at radius 1 is 1.12 bits per heavy atom. The zero-order valence-electron chi connectivity index (χ0n) is 10.3. The minimum Gasteiger partial charge on any atom is -0.282 e. The first kappa shape index (κ1) is 11.0. The van der Waals surface area contributed by atoms with E-state index >= 15 is 0 Å². The summed E-state index contributed by atoms with van der Waals surface area (Å²) in [6.07, 6.45) is 8.47. The van der Waals surface area contributed by atoms with Gasteiger partial charge in [-0.05, 0) is 31.1 Å². The molecule has 0 spiro atoms. The fourth-order valence-electron chi connectivity index (χ4n) is 3.67. The van der Waals surface area contributed by atoms with Gasteiger partial charge in [-0.2, -0.15) is 0 Å². The number of carbonyl (C=O) groups is 2. The van der Waals surface area contributed by atoms with Crippen LogP contribution in [0.4, 0.5) is 0 Å². The second kappa shape index (κ2) is 3.97. The third-order valence-corrected chi connectivity index (χ3v) is 4.59. The number of amides is 2. The number of rotatable bonds is 3. The summed E-state index contributed by atoms with van der Waals surface area (Å²) in [5.74, 6) is 0.812. The van der Waals surface area contributed by atoms with Crippen LogP contribution in [0.3, 0.4) is 0 Å². The number of allylic oxidation sites excluding steroid dienone is 2. The Morgan fingerprint density at radius 2 is 1.65 bits per heavy atom. The lowest BCUT2D eigenvalue weighted by molar-refractivity contribution is -0.140. The molecular formula is C14H19NO2. The molecule has 0 N–H and O–H groups in total. The van der Waals surface area contributed by atoms with Crippen LogP contribution in [0.25, 0.3) is 0 Å². The second-order valence-corrected chi connectivity index (χ2v) is 5.52. The summed E-state index contributed by atoms with van der Waals surface area (Å²) >= 11 is 0. The molecule has 92 valence electrons. The SMILES string of the molecule is CCCCN1C(=O)[C@@H]2[C@H](C1=O)[C@@H]1C=C[C@H]2CC1. The predicted molar refractivity (Wildman–Crippen MR) is 64.0 cm³/mol. The van der Waals surface area contributed by atoms with E-state index in [4.69, 9.17) is 0 Å². The number of nitrogens with zero attached hydrogens (tertiary/aromatic N) is 1. The van der Waals surface area contributed by atoms with Crippen molar-refractivity contribution in [3.63, 3.8) is 0 Å². The zero-order chi connectivity index (χ0) is 12.0. The van der Waals surface area contributed by atoms with Crippen LogP contribution < -0.4 is 0 Å². The van der Waals surface area contributed by atoms with Gasteiger partial charge in [0.1, 0.15) is 0 Å². The van der Waals surface area contributed by atoms with Crippen LogP contribution in [0, 0.1) is 23.7 Å². The van der Waals surface area contributed by atoms with Gasteiger partial charge in [0.15, 0.2) is 0 Å². The largest absolute Gasteiger partial charge is 0.282 e. The molecule has 0 radical (unpaired) electrons. The Morgan fingerprint density at radius 3 is 2.06 bits per heavy atom. The number of hydrogen-bond donors (Lipinski definition) is 0. The van der Waals surface area contributed by atoms with Crippen molar-refractivity contribution < 1.29 is 9.59 Å². The molecule has 0 aromatic carbocycles. The molecule has 1 aliphatic heterocycles. The Hall–Kier alpha value is -1.12. The highest BCUT2D eigenvalue weighted by atomic mass is 16.2. The van der Waals surface area contributed by atoms with Gasteiger partial charge in [0.05, 0.1) is 11.8 Å². The highest BCUT2D eigenvalue weighted by Gasteiger charge is 2.56.